The number of hydrogen-bond donors (Lipinski definition) is 2. The van der Waals surface area contributed by atoms with E-state index in [1.807, 2.05) is 0 Å². The number of hydrogen-bond acceptors (Lipinski definition) is 16. The molecule has 0 aliphatic rings. The normalized spacial score (nSPS) is 10.4. The first kappa shape index (κ1) is 44.7. The molecule has 0 aromatic carbocycles. The van der Waals surface area contributed by atoms with Gasteiger partial charge in [-0.25, -0.2) is 0 Å². The van der Waals surface area contributed by atoms with Crippen LogP contribution in [0.3, 0.4) is 0 Å². The molecule has 0 bridgehead atoms. The summed E-state index contributed by atoms with van der Waals surface area (Å²) in [6.07, 6.45) is 2.31. The molecule has 280 valence electrons. The average Bonchev–Trinajstić information content (AvgIpc) is 3.07. The Kier molecular flexibility index (Phi) is 28.3. The van der Waals surface area contributed by atoms with Crippen molar-refractivity contribution >= 4 is 47.8 Å². The molecule has 49 heavy (non-hydrogen) atoms. The quantitative estimate of drug-likeness (QED) is 0.0596. The second-order valence-corrected chi connectivity index (χ2v) is 10.5. The van der Waals surface area contributed by atoms with Crippen LogP contribution in [0, 0.1) is 0 Å². The van der Waals surface area contributed by atoms with E-state index in [-0.39, 0.29) is 104 Å². The zero-order chi connectivity index (χ0) is 36.5. The first-order valence-electron chi connectivity index (χ1n) is 16.5. The minimum Gasteiger partial charge on any atom is -0.481 e. The van der Waals surface area contributed by atoms with Gasteiger partial charge in [0.25, 0.3) is 0 Å². The van der Waals surface area contributed by atoms with E-state index in [1.54, 1.807) is 0 Å². The van der Waals surface area contributed by atoms with Gasteiger partial charge in [0.05, 0.1) is 97.6 Å². The highest BCUT2D eigenvalue weighted by Crippen LogP contribution is 2.04. The van der Waals surface area contributed by atoms with Crippen LogP contribution in [0.4, 0.5) is 0 Å². The predicted molar refractivity (Wildman–Crippen MR) is 165 cm³/mol. The van der Waals surface area contributed by atoms with Crippen LogP contribution in [0.1, 0.15) is 103 Å². The monoisotopic (exact) mass is 706 g/mol. The summed E-state index contributed by atoms with van der Waals surface area (Å²) in [5, 5.41) is 17.2. The van der Waals surface area contributed by atoms with Crippen molar-refractivity contribution in [2.24, 2.45) is 0 Å². The molecule has 0 aliphatic heterocycles. The number of carbonyl (C=O) groups is 8. The fraction of sp³-hybridized carbons (Fsp3) is 0.750. The van der Waals surface area contributed by atoms with Crippen LogP contribution < -0.4 is 0 Å². The topological polar surface area (TPSA) is 242 Å². The molecule has 0 spiro atoms. The summed E-state index contributed by atoms with van der Waals surface area (Å²) in [6.45, 7) is 0.720. The summed E-state index contributed by atoms with van der Waals surface area (Å²) in [7, 11) is 0. The Morgan fingerprint density at radius 1 is 0.306 bits per heavy atom. The third-order valence-electron chi connectivity index (χ3n) is 6.15. The number of carboxylic acids is 1. The van der Waals surface area contributed by atoms with Crippen molar-refractivity contribution in [3.05, 3.63) is 0 Å². The number of esters is 7. The first-order chi connectivity index (χ1) is 23.5. The van der Waals surface area contributed by atoms with Crippen LogP contribution in [-0.2, 0) is 71.5 Å². The van der Waals surface area contributed by atoms with Crippen LogP contribution in [0.15, 0.2) is 0 Å². The molecule has 0 fully saturated rings. The van der Waals surface area contributed by atoms with Crippen molar-refractivity contribution in [2.75, 3.05) is 52.9 Å². The molecule has 0 rings (SSSR count). The van der Waals surface area contributed by atoms with Gasteiger partial charge in [-0.3, -0.25) is 38.4 Å². The maximum Gasteiger partial charge on any atom is 0.306 e. The molecule has 0 aromatic heterocycles. The molecule has 0 amide bonds. The molecule has 17 nitrogen and oxygen atoms in total. The molecule has 17 heteroatoms. The number of unbranched alkanes of at least 4 members (excludes halogenated alkanes) is 4. The van der Waals surface area contributed by atoms with Crippen molar-refractivity contribution in [1.82, 2.24) is 0 Å². The van der Waals surface area contributed by atoms with Crippen LogP contribution in [0.25, 0.3) is 0 Å². The summed E-state index contributed by atoms with van der Waals surface area (Å²) in [5.74, 6) is -5.06. The van der Waals surface area contributed by atoms with Gasteiger partial charge in [-0.05, 0) is 51.4 Å². The van der Waals surface area contributed by atoms with Gasteiger partial charge < -0.3 is 43.4 Å². The maximum atomic E-state index is 11.8. The standard InChI is InChI=1S/C32H50O17/c33-17-1-2-18-43-27(37)11-12-28(38)46-21-5-6-22-47-31(41)15-16-32(42)49-24-8-7-23-48-30(40)14-13-29(39)45-20-4-3-19-44-26(36)10-9-25(34)35/h33H,1-24H2,(H,34,35). The number of aliphatic carboxylic acids is 1. The highest BCUT2D eigenvalue weighted by Gasteiger charge is 2.12. The largest absolute Gasteiger partial charge is 0.481 e. The number of aliphatic hydroxyl groups is 1. The van der Waals surface area contributed by atoms with E-state index >= 15 is 0 Å². The fourth-order valence-electron chi connectivity index (χ4n) is 3.45. The van der Waals surface area contributed by atoms with Crippen LogP contribution >= 0.6 is 0 Å². The molecule has 0 saturated heterocycles. The van der Waals surface area contributed by atoms with E-state index < -0.39 is 47.8 Å². The van der Waals surface area contributed by atoms with Gasteiger partial charge in [-0.1, -0.05) is 0 Å². The van der Waals surface area contributed by atoms with Gasteiger partial charge >= 0.3 is 47.8 Å². The van der Waals surface area contributed by atoms with E-state index in [9.17, 15) is 38.4 Å². The van der Waals surface area contributed by atoms with Crippen LogP contribution in [-0.4, -0.2) is 111 Å². The number of ether oxygens (including phenoxy) is 7. The lowest BCUT2D eigenvalue weighted by molar-refractivity contribution is -0.151. The molecule has 0 aliphatic carbocycles. The Hall–Kier alpha value is -4.28. The molecule has 0 aromatic rings. The van der Waals surface area contributed by atoms with Crippen LogP contribution in [0.2, 0.25) is 0 Å². The van der Waals surface area contributed by atoms with E-state index in [2.05, 4.69) is 0 Å². The molecule has 0 radical (unpaired) electrons. The summed E-state index contributed by atoms with van der Waals surface area (Å²) < 4.78 is 34.8. The molecule has 0 atom stereocenters. The lowest BCUT2D eigenvalue weighted by atomic mass is 10.3. The number of aliphatic hydroxyl groups excluding tert-OH is 1. The second-order valence-electron chi connectivity index (χ2n) is 10.5. The van der Waals surface area contributed by atoms with Crippen molar-refractivity contribution < 1.29 is 81.7 Å². The Morgan fingerprint density at radius 2 is 0.490 bits per heavy atom. The zero-order valence-corrected chi connectivity index (χ0v) is 28.0. The lowest BCUT2D eigenvalue weighted by Gasteiger charge is -2.08. The second kappa shape index (κ2) is 31.0. The van der Waals surface area contributed by atoms with E-state index in [0.29, 0.717) is 51.4 Å². The third kappa shape index (κ3) is 32.1. The predicted octanol–water partition coefficient (Wildman–Crippen LogP) is 2.11. The van der Waals surface area contributed by atoms with E-state index in [1.165, 1.54) is 0 Å². The average molecular weight is 707 g/mol. The van der Waals surface area contributed by atoms with Gasteiger partial charge in [0.1, 0.15) is 0 Å². The van der Waals surface area contributed by atoms with Crippen molar-refractivity contribution in [3.8, 4) is 0 Å². The molecule has 0 heterocycles. The van der Waals surface area contributed by atoms with Crippen molar-refractivity contribution in [2.45, 2.75) is 103 Å². The summed E-state index contributed by atoms with van der Waals surface area (Å²) >= 11 is 0. The highest BCUT2D eigenvalue weighted by molar-refractivity contribution is 5.79. The van der Waals surface area contributed by atoms with Gasteiger partial charge in [0.15, 0.2) is 0 Å². The molecule has 0 unspecified atom stereocenters. The SMILES string of the molecule is O=C(O)CCC(=O)OCCCCOC(=O)CCC(=O)OCCCCOC(=O)CCC(=O)OCCCCOC(=O)CCC(=O)OCCCCO. The Labute approximate surface area is 285 Å². The third-order valence-corrected chi connectivity index (χ3v) is 6.15. The van der Waals surface area contributed by atoms with Gasteiger partial charge in [-0.15, -0.1) is 0 Å². The Balaban J connectivity index is 3.61. The fourth-order valence-corrected chi connectivity index (χ4v) is 3.45. The van der Waals surface area contributed by atoms with Gasteiger partial charge in [-0.2, -0.15) is 0 Å². The van der Waals surface area contributed by atoms with Crippen molar-refractivity contribution in [3.63, 3.8) is 0 Å². The molecular formula is C32H50O17. The Morgan fingerprint density at radius 3 is 0.673 bits per heavy atom. The van der Waals surface area contributed by atoms with E-state index in [4.69, 9.17) is 43.4 Å². The minimum absolute atomic E-state index is 0.0216. The number of carboxylic acid groups (broad SMARTS) is 1. The van der Waals surface area contributed by atoms with Crippen LogP contribution in [0.5, 0.6) is 0 Å². The van der Waals surface area contributed by atoms with Crippen molar-refractivity contribution in [1.29, 1.82) is 0 Å². The highest BCUT2D eigenvalue weighted by atomic mass is 16.6. The minimum atomic E-state index is -1.09. The maximum absolute atomic E-state index is 11.8. The smallest absolute Gasteiger partial charge is 0.306 e. The zero-order valence-electron chi connectivity index (χ0n) is 28.0. The summed E-state index contributed by atoms with van der Waals surface area (Å²) in [6, 6.07) is 0. The number of rotatable bonds is 31. The van der Waals surface area contributed by atoms with E-state index in [0.717, 1.165) is 0 Å². The lowest BCUT2D eigenvalue weighted by Crippen LogP contribution is -2.13. The first-order valence-corrected chi connectivity index (χ1v) is 16.5. The Bertz CT molecular complexity index is 1010. The summed E-state index contributed by atoms with van der Waals surface area (Å²) in [4.78, 5) is 91.9. The molecular weight excluding hydrogens is 656 g/mol. The summed E-state index contributed by atoms with van der Waals surface area (Å²) in [5.41, 5.74) is 0. The molecule has 0 saturated carbocycles. The van der Waals surface area contributed by atoms with Gasteiger partial charge in [0.2, 0.25) is 0 Å². The molecule has 2 N–H and O–H groups in total. The number of carbonyl (C=O) groups excluding carboxylic acids is 7. The van der Waals surface area contributed by atoms with Gasteiger partial charge in [0, 0.05) is 6.61 Å².